The molecule has 0 saturated heterocycles. The summed E-state index contributed by atoms with van der Waals surface area (Å²) in [6, 6.07) is 6.81. The van der Waals surface area contributed by atoms with Crippen LogP contribution in [-0.2, 0) is 11.3 Å². The van der Waals surface area contributed by atoms with E-state index in [0.717, 1.165) is 9.13 Å². The van der Waals surface area contributed by atoms with E-state index >= 15 is 0 Å². The van der Waals surface area contributed by atoms with E-state index in [2.05, 4.69) is 0 Å². The Balaban J connectivity index is 2.57. The van der Waals surface area contributed by atoms with Gasteiger partial charge in [-0.2, -0.15) is 0 Å². The lowest BCUT2D eigenvalue weighted by Crippen LogP contribution is -2.41. The molecule has 2 aromatic rings. The average molecular weight is 290 g/mol. The Labute approximate surface area is 119 Å². The minimum absolute atomic E-state index is 0.418. The first kappa shape index (κ1) is 14.6. The quantitative estimate of drug-likeness (QED) is 0.809. The van der Waals surface area contributed by atoms with Crippen molar-refractivity contribution in [3.63, 3.8) is 0 Å². The van der Waals surface area contributed by atoms with Crippen molar-refractivity contribution in [3.8, 4) is 11.4 Å². The lowest BCUT2D eigenvalue weighted by atomic mass is 10.3. The van der Waals surface area contributed by atoms with Crippen molar-refractivity contribution >= 4 is 5.97 Å². The molecule has 0 atom stereocenters. The number of rotatable bonds is 5. The van der Waals surface area contributed by atoms with Crippen LogP contribution >= 0.6 is 0 Å². The SMILES string of the molecule is CCOc1ccccc1-n1ccn(CC(=O)O)c(=O)c1=O. The van der Waals surface area contributed by atoms with Gasteiger partial charge in [0.15, 0.2) is 0 Å². The van der Waals surface area contributed by atoms with E-state index in [1.807, 2.05) is 6.92 Å². The maximum Gasteiger partial charge on any atom is 0.323 e. The molecule has 0 aliphatic rings. The Morgan fingerprint density at radius 2 is 1.90 bits per heavy atom. The van der Waals surface area contributed by atoms with Gasteiger partial charge in [-0.05, 0) is 19.1 Å². The standard InChI is InChI=1S/C14H14N2O5/c1-2-21-11-6-4-3-5-10(11)16-8-7-15(9-12(17)18)13(19)14(16)20/h3-8H,2,9H2,1H3,(H,17,18). The zero-order valence-electron chi connectivity index (χ0n) is 11.4. The molecular formula is C14H14N2O5. The molecule has 0 fully saturated rings. The molecule has 0 aliphatic carbocycles. The first-order valence-corrected chi connectivity index (χ1v) is 6.30. The van der Waals surface area contributed by atoms with Crippen LogP contribution in [0.5, 0.6) is 5.75 Å². The van der Waals surface area contributed by atoms with Gasteiger partial charge in [0.25, 0.3) is 0 Å². The van der Waals surface area contributed by atoms with Crippen molar-refractivity contribution in [1.29, 1.82) is 0 Å². The Kier molecular flexibility index (Phi) is 4.22. The van der Waals surface area contributed by atoms with Gasteiger partial charge in [-0.15, -0.1) is 0 Å². The summed E-state index contributed by atoms with van der Waals surface area (Å²) in [6.07, 6.45) is 2.62. The van der Waals surface area contributed by atoms with Gasteiger partial charge in [0.05, 0.1) is 12.3 Å². The molecule has 0 bridgehead atoms. The molecule has 0 unspecified atom stereocenters. The molecule has 1 aromatic carbocycles. The lowest BCUT2D eigenvalue weighted by molar-refractivity contribution is -0.137. The van der Waals surface area contributed by atoms with Gasteiger partial charge in [-0.3, -0.25) is 23.5 Å². The maximum absolute atomic E-state index is 12.1. The van der Waals surface area contributed by atoms with Gasteiger partial charge in [0, 0.05) is 12.4 Å². The van der Waals surface area contributed by atoms with Gasteiger partial charge >= 0.3 is 17.1 Å². The molecular weight excluding hydrogens is 276 g/mol. The van der Waals surface area contributed by atoms with Gasteiger partial charge in [-0.1, -0.05) is 12.1 Å². The summed E-state index contributed by atoms with van der Waals surface area (Å²) in [4.78, 5) is 34.6. The molecule has 0 amide bonds. The number of aliphatic carboxylic acids is 1. The molecule has 0 radical (unpaired) electrons. The van der Waals surface area contributed by atoms with Crippen molar-refractivity contribution in [1.82, 2.24) is 9.13 Å². The number of ether oxygens (including phenoxy) is 1. The summed E-state index contributed by atoms with van der Waals surface area (Å²) in [5.41, 5.74) is -1.29. The molecule has 0 aliphatic heterocycles. The first-order valence-electron chi connectivity index (χ1n) is 6.30. The van der Waals surface area contributed by atoms with Crippen molar-refractivity contribution in [2.24, 2.45) is 0 Å². The zero-order chi connectivity index (χ0) is 15.4. The second kappa shape index (κ2) is 6.08. The molecule has 0 saturated carbocycles. The number of para-hydroxylation sites is 2. The molecule has 1 heterocycles. The van der Waals surface area contributed by atoms with Gasteiger partial charge in [-0.25, -0.2) is 0 Å². The lowest BCUT2D eigenvalue weighted by Gasteiger charge is -2.12. The fourth-order valence-electron chi connectivity index (χ4n) is 1.90. The predicted molar refractivity (Wildman–Crippen MR) is 75.1 cm³/mol. The number of aromatic nitrogens is 2. The van der Waals surface area contributed by atoms with Gasteiger partial charge < -0.3 is 9.84 Å². The number of benzene rings is 1. The van der Waals surface area contributed by atoms with Crippen LogP contribution in [0.4, 0.5) is 0 Å². The van der Waals surface area contributed by atoms with Crippen LogP contribution in [0.15, 0.2) is 46.2 Å². The van der Waals surface area contributed by atoms with Crippen LogP contribution in [0.1, 0.15) is 6.92 Å². The molecule has 1 aromatic heterocycles. The topological polar surface area (TPSA) is 90.5 Å². The van der Waals surface area contributed by atoms with Gasteiger partial charge in [0.2, 0.25) is 0 Å². The minimum atomic E-state index is -1.19. The maximum atomic E-state index is 12.1. The van der Waals surface area contributed by atoms with Crippen LogP contribution in [0, 0.1) is 0 Å². The third-order valence-corrected chi connectivity index (χ3v) is 2.79. The van der Waals surface area contributed by atoms with E-state index in [0.29, 0.717) is 18.0 Å². The minimum Gasteiger partial charge on any atom is -0.492 e. The number of carbonyl (C=O) groups is 1. The summed E-state index contributed by atoms with van der Waals surface area (Å²) in [7, 11) is 0. The smallest absolute Gasteiger partial charge is 0.323 e. The third kappa shape index (κ3) is 3.02. The van der Waals surface area contributed by atoms with Crippen LogP contribution in [0.3, 0.4) is 0 Å². The molecule has 7 nitrogen and oxygen atoms in total. The van der Waals surface area contributed by atoms with Gasteiger partial charge in [0.1, 0.15) is 12.3 Å². The summed E-state index contributed by atoms with van der Waals surface area (Å²) in [6.45, 7) is 1.67. The average Bonchev–Trinajstić information content (AvgIpc) is 2.45. The first-order chi connectivity index (χ1) is 10.0. The number of carboxylic acid groups (broad SMARTS) is 1. The fourth-order valence-corrected chi connectivity index (χ4v) is 1.90. The van der Waals surface area contributed by atoms with E-state index in [4.69, 9.17) is 9.84 Å². The van der Waals surface area contributed by atoms with E-state index < -0.39 is 23.6 Å². The normalized spacial score (nSPS) is 10.3. The van der Waals surface area contributed by atoms with Crippen molar-refractivity contribution < 1.29 is 14.6 Å². The van der Waals surface area contributed by atoms with Crippen LogP contribution < -0.4 is 15.9 Å². The highest BCUT2D eigenvalue weighted by Gasteiger charge is 2.11. The monoisotopic (exact) mass is 290 g/mol. The predicted octanol–water partition coefficient (Wildman–Crippen LogP) is 0.482. The molecule has 110 valence electrons. The largest absolute Gasteiger partial charge is 0.492 e. The molecule has 21 heavy (non-hydrogen) atoms. The zero-order valence-corrected chi connectivity index (χ0v) is 11.4. The van der Waals surface area contributed by atoms with Crippen LogP contribution in [-0.4, -0.2) is 26.8 Å². The number of hydrogen-bond donors (Lipinski definition) is 1. The summed E-state index contributed by atoms with van der Waals surface area (Å²) >= 11 is 0. The fraction of sp³-hybridized carbons (Fsp3) is 0.214. The van der Waals surface area contributed by atoms with E-state index in [1.165, 1.54) is 12.4 Å². The molecule has 2 rings (SSSR count). The highest BCUT2D eigenvalue weighted by Crippen LogP contribution is 2.20. The second-order valence-corrected chi connectivity index (χ2v) is 4.20. The number of hydrogen-bond acceptors (Lipinski definition) is 4. The number of carboxylic acids is 1. The summed E-state index contributed by atoms with van der Waals surface area (Å²) in [5.74, 6) is -0.721. The van der Waals surface area contributed by atoms with Crippen LogP contribution in [0.25, 0.3) is 5.69 Å². The third-order valence-electron chi connectivity index (χ3n) is 2.79. The van der Waals surface area contributed by atoms with Crippen molar-refractivity contribution in [3.05, 3.63) is 57.4 Å². The molecule has 7 heteroatoms. The summed E-state index contributed by atoms with van der Waals surface area (Å²) in [5, 5.41) is 8.69. The van der Waals surface area contributed by atoms with E-state index in [9.17, 15) is 14.4 Å². The highest BCUT2D eigenvalue weighted by molar-refractivity contribution is 5.66. The van der Waals surface area contributed by atoms with E-state index in [-0.39, 0.29) is 0 Å². The van der Waals surface area contributed by atoms with E-state index in [1.54, 1.807) is 24.3 Å². The van der Waals surface area contributed by atoms with Crippen LogP contribution in [0.2, 0.25) is 0 Å². The molecule has 1 N–H and O–H groups in total. The van der Waals surface area contributed by atoms with Crippen molar-refractivity contribution in [2.75, 3.05) is 6.61 Å². The highest BCUT2D eigenvalue weighted by atomic mass is 16.5. The Bertz CT molecular complexity index is 775. The Hall–Kier alpha value is -2.83. The number of nitrogens with zero attached hydrogens (tertiary/aromatic N) is 2. The van der Waals surface area contributed by atoms with Crippen molar-refractivity contribution in [2.45, 2.75) is 13.5 Å². The summed E-state index contributed by atoms with van der Waals surface area (Å²) < 4.78 is 7.41. The Morgan fingerprint density at radius 1 is 1.19 bits per heavy atom. The Morgan fingerprint density at radius 3 is 2.57 bits per heavy atom. The molecule has 0 spiro atoms. The second-order valence-electron chi connectivity index (χ2n) is 4.20.